The van der Waals surface area contributed by atoms with Crippen LogP contribution in [0.2, 0.25) is 0 Å². The maximum atomic E-state index is 5.62. The van der Waals surface area contributed by atoms with Crippen molar-refractivity contribution >= 4 is 5.82 Å². The van der Waals surface area contributed by atoms with Gasteiger partial charge in [0, 0.05) is 32.3 Å². The fourth-order valence-corrected chi connectivity index (χ4v) is 2.95. The lowest BCUT2D eigenvalue weighted by molar-refractivity contribution is 0.105. The second-order valence-corrected chi connectivity index (χ2v) is 5.73. The average Bonchev–Trinajstić information content (AvgIpc) is 3.07. The number of rotatable bonds is 4. The van der Waals surface area contributed by atoms with Crippen LogP contribution in [0.15, 0.2) is 18.5 Å². The fraction of sp³-hybridized carbons (Fsp3) is 0.571. The Morgan fingerprint density at radius 3 is 2.95 bits per heavy atom. The molecule has 0 radical (unpaired) electrons. The highest BCUT2D eigenvalue weighted by molar-refractivity contribution is 5.42. The molecule has 0 aromatic carbocycles. The van der Waals surface area contributed by atoms with Crippen molar-refractivity contribution in [3.8, 4) is 0 Å². The summed E-state index contributed by atoms with van der Waals surface area (Å²) in [7, 11) is 1.75. The number of methoxy groups -OCH3 is 1. The third kappa shape index (κ3) is 2.37. The number of hydrogen-bond donors (Lipinski definition) is 1. The molecule has 2 atom stereocenters. The molecule has 1 aliphatic heterocycles. The summed E-state index contributed by atoms with van der Waals surface area (Å²) >= 11 is 0. The van der Waals surface area contributed by atoms with Gasteiger partial charge in [0.1, 0.15) is 11.6 Å². The standard InChI is InChI=1S/C14H18N6O/c1-21-12-8-20(7-10(12)11-6-16-19-18-11)13-4-5-15-14(17-13)9-2-3-9/h4-6,9-10,12H,2-3,7-8H2,1H3,(H,16,18,19)/t10-,12+/m0/s1. The van der Waals surface area contributed by atoms with Gasteiger partial charge in [-0.25, -0.2) is 9.97 Å². The van der Waals surface area contributed by atoms with Gasteiger partial charge in [0.25, 0.3) is 0 Å². The van der Waals surface area contributed by atoms with Gasteiger partial charge in [-0.15, -0.1) is 0 Å². The first kappa shape index (κ1) is 12.7. The lowest BCUT2D eigenvalue weighted by Crippen LogP contribution is -2.23. The van der Waals surface area contributed by atoms with Gasteiger partial charge in [-0.05, 0) is 18.9 Å². The van der Waals surface area contributed by atoms with Crippen LogP contribution >= 0.6 is 0 Å². The molecule has 1 N–H and O–H groups in total. The van der Waals surface area contributed by atoms with Crippen molar-refractivity contribution in [2.45, 2.75) is 30.8 Å². The predicted octanol–water partition coefficient (Wildman–Crippen LogP) is 1.09. The highest BCUT2D eigenvalue weighted by Crippen LogP contribution is 2.39. The number of anilines is 1. The molecule has 110 valence electrons. The van der Waals surface area contributed by atoms with E-state index in [-0.39, 0.29) is 12.0 Å². The average molecular weight is 286 g/mol. The predicted molar refractivity (Wildman–Crippen MR) is 76.1 cm³/mol. The molecule has 1 aliphatic carbocycles. The van der Waals surface area contributed by atoms with Crippen LogP contribution in [-0.2, 0) is 4.74 Å². The molecule has 0 unspecified atom stereocenters. The number of aromatic amines is 1. The third-order valence-electron chi connectivity index (χ3n) is 4.31. The van der Waals surface area contributed by atoms with Crippen LogP contribution in [0.4, 0.5) is 5.82 Å². The lowest BCUT2D eigenvalue weighted by atomic mass is 10.0. The molecule has 2 aromatic heterocycles. The molecule has 1 saturated carbocycles. The van der Waals surface area contributed by atoms with E-state index >= 15 is 0 Å². The molecule has 7 heteroatoms. The zero-order valence-electron chi connectivity index (χ0n) is 11.9. The largest absolute Gasteiger partial charge is 0.379 e. The van der Waals surface area contributed by atoms with Crippen molar-refractivity contribution in [2.24, 2.45) is 0 Å². The van der Waals surface area contributed by atoms with Crippen molar-refractivity contribution in [1.29, 1.82) is 0 Å². The molecule has 0 spiro atoms. The van der Waals surface area contributed by atoms with Gasteiger partial charge >= 0.3 is 0 Å². The molecule has 7 nitrogen and oxygen atoms in total. The van der Waals surface area contributed by atoms with Crippen LogP contribution in [0.1, 0.15) is 36.2 Å². The van der Waals surface area contributed by atoms with Crippen molar-refractivity contribution in [2.75, 3.05) is 25.1 Å². The number of hydrogen-bond acceptors (Lipinski definition) is 6. The van der Waals surface area contributed by atoms with E-state index < -0.39 is 0 Å². The normalized spacial score (nSPS) is 25.5. The van der Waals surface area contributed by atoms with Crippen LogP contribution in [-0.4, -0.2) is 51.7 Å². The van der Waals surface area contributed by atoms with Gasteiger partial charge in [0.2, 0.25) is 0 Å². The Morgan fingerprint density at radius 2 is 2.24 bits per heavy atom. The van der Waals surface area contributed by atoms with Crippen LogP contribution in [0.3, 0.4) is 0 Å². The van der Waals surface area contributed by atoms with E-state index in [0.29, 0.717) is 5.92 Å². The van der Waals surface area contributed by atoms with Crippen LogP contribution in [0.5, 0.6) is 0 Å². The maximum absolute atomic E-state index is 5.62. The zero-order valence-corrected chi connectivity index (χ0v) is 11.9. The van der Waals surface area contributed by atoms with Crippen molar-refractivity contribution in [1.82, 2.24) is 25.4 Å². The summed E-state index contributed by atoms with van der Waals surface area (Å²) in [6.45, 7) is 1.65. The summed E-state index contributed by atoms with van der Waals surface area (Å²) in [6, 6.07) is 1.98. The first-order valence-corrected chi connectivity index (χ1v) is 7.31. The number of nitrogens with one attached hydrogen (secondary N) is 1. The lowest BCUT2D eigenvalue weighted by Gasteiger charge is -2.17. The van der Waals surface area contributed by atoms with Crippen LogP contribution in [0.25, 0.3) is 0 Å². The second-order valence-electron chi connectivity index (χ2n) is 5.73. The minimum atomic E-state index is 0.106. The number of aromatic nitrogens is 5. The molecule has 2 aliphatic rings. The van der Waals surface area contributed by atoms with E-state index in [2.05, 4.69) is 25.3 Å². The van der Waals surface area contributed by atoms with Crippen LogP contribution < -0.4 is 4.90 Å². The van der Waals surface area contributed by atoms with Crippen molar-refractivity contribution < 1.29 is 4.74 Å². The van der Waals surface area contributed by atoms with E-state index in [9.17, 15) is 0 Å². The zero-order chi connectivity index (χ0) is 14.2. The minimum Gasteiger partial charge on any atom is -0.379 e. The minimum absolute atomic E-state index is 0.106. The number of nitrogens with zero attached hydrogens (tertiary/aromatic N) is 5. The molecule has 4 rings (SSSR count). The molecule has 2 fully saturated rings. The molecule has 0 amide bonds. The van der Waals surface area contributed by atoms with E-state index in [1.54, 1.807) is 13.3 Å². The van der Waals surface area contributed by atoms with E-state index in [1.165, 1.54) is 12.8 Å². The molecule has 2 aromatic rings. The Kier molecular flexibility index (Phi) is 3.07. The molecule has 0 bridgehead atoms. The Bertz CT molecular complexity index is 612. The Balaban J connectivity index is 1.57. The molecule has 21 heavy (non-hydrogen) atoms. The summed E-state index contributed by atoms with van der Waals surface area (Å²) in [6.07, 6.45) is 6.17. The Labute approximate surface area is 122 Å². The SMILES string of the molecule is CO[C@@H]1CN(c2ccnc(C3CC3)n2)C[C@H]1c1cn[nH]n1. The van der Waals surface area contributed by atoms with E-state index in [1.807, 2.05) is 12.3 Å². The Morgan fingerprint density at radius 1 is 1.33 bits per heavy atom. The number of ether oxygens (including phenoxy) is 1. The summed E-state index contributed by atoms with van der Waals surface area (Å²) in [5, 5.41) is 10.8. The molecule has 1 saturated heterocycles. The molecular weight excluding hydrogens is 268 g/mol. The smallest absolute Gasteiger partial charge is 0.133 e. The quantitative estimate of drug-likeness (QED) is 0.906. The van der Waals surface area contributed by atoms with E-state index in [0.717, 1.165) is 30.4 Å². The maximum Gasteiger partial charge on any atom is 0.133 e. The van der Waals surface area contributed by atoms with Gasteiger partial charge in [0.15, 0.2) is 0 Å². The first-order chi connectivity index (χ1) is 10.3. The Hall–Kier alpha value is -2.02. The number of H-pyrrole nitrogens is 1. The van der Waals surface area contributed by atoms with Gasteiger partial charge in [0.05, 0.1) is 23.9 Å². The van der Waals surface area contributed by atoms with Gasteiger partial charge < -0.3 is 9.64 Å². The molecular formula is C14H18N6O. The monoisotopic (exact) mass is 286 g/mol. The summed E-state index contributed by atoms with van der Waals surface area (Å²) < 4.78 is 5.62. The van der Waals surface area contributed by atoms with Gasteiger partial charge in [-0.2, -0.15) is 15.4 Å². The van der Waals surface area contributed by atoms with E-state index in [4.69, 9.17) is 9.72 Å². The summed E-state index contributed by atoms with van der Waals surface area (Å²) in [4.78, 5) is 11.4. The van der Waals surface area contributed by atoms with Crippen molar-refractivity contribution in [3.05, 3.63) is 30.0 Å². The van der Waals surface area contributed by atoms with Crippen LogP contribution in [0, 0.1) is 0 Å². The second kappa shape index (κ2) is 5.07. The van der Waals surface area contributed by atoms with Crippen molar-refractivity contribution in [3.63, 3.8) is 0 Å². The fourth-order valence-electron chi connectivity index (χ4n) is 2.95. The summed E-state index contributed by atoms with van der Waals surface area (Å²) in [5.41, 5.74) is 0.945. The highest BCUT2D eigenvalue weighted by atomic mass is 16.5. The summed E-state index contributed by atoms with van der Waals surface area (Å²) in [5.74, 6) is 2.75. The highest BCUT2D eigenvalue weighted by Gasteiger charge is 2.36. The topological polar surface area (TPSA) is 79.8 Å². The third-order valence-corrected chi connectivity index (χ3v) is 4.31. The van der Waals surface area contributed by atoms with Gasteiger partial charge in [-0.1, -0.05) is 0 Å². The molecule has 3 heterocycles. The van der Waals surface area contributed by atoms with Gasteiger partial charge in [-0.3, -0.25) is 0 Å². The first-order valence-electron chi connectivity index (χ1n) is 7.31.